The fraction of sp³-hybridized carbons (Fsp3) is 0.308. The molecule has 2 aromatic rings. The number of carbonyl (C=O) groups is 3. The summed E-state index contributed by atoms with van der Waals surface area (Å²) >= 11 is 0. The van der Waals surface area contributed by atoms with Gasteiger partial charge in [-0.2, -0.15) is 0 Å². The van der Waals surface area contributed by atoms with E-state index in [4.69, 9.17) is 25.4 Å². The molecule has 0 saturated carbocycles. The van der Waals surface area contributed by atoms with Gasteiger partial charge in [0, 0.05) is 22.4 Å². The maximum absolute atomic E-state index is 12.9. The minimum absolute atomic E-state index is 0.0427. The number of hydrogen-bond donors (Lipinski definition) is 3. The number of nitrogen functional groups attached to an aromatic ring is 1. The third kappa shape index (κ3) is 7.17. The zero-order valence-electron chi connectivity index (χ0n) is 20.4. The number of benzene rings is 2. The summed E-state index contributed by atoms with van der Waals surface area (Å²) < 4.78 is 16.0. The van der Waals surface area contributed by atoms with Gasteiger partial charge in [-0.3, -0.25) is 10.2 Å². The quantitative estimate of drug-likeness (QED) is 0.104. The Morgan fingerprint density at radius 1 is 1.11 bits per heavy atom. The standard InChI is InChI=1S/C26H31N3O6/c1-6-17-13-20(16(4)30)23(34-11-12-35-25(31)15(2)3)21(14-17)22(26(32)33-5)29-19-9-7-18(8-10-19)24(27)28/h7-10,13-14,22,29H,2,6,11-12H2,1,3-5H3,(H3,27,28). The van der Waals surface area contributed by atoms with E-state index in [0.29, 0.717) is 28.8 Å². The minimum Gasteiger partial charge on any atom is -0.489 e. The highest BCUT2D eigenvalue weighted by Gasteiger charge is 2.28. The van der Waals surface area contributed by atoms with Gasteiger partial charge in [-0.1, -0.05) is 13.5 Å². The van der Waals surface area contributed by atoms with E-state index >= 15 is 0 Å². The average Bonchev–Trinajstić information content (AvgIpc) is 2.84. The fourth-order valence-electron chi connectivity index (χ4n) is 3.25. The molecule has 2 rings (SSSR count). The summed E-state index contributed by atoms with van der Waals surface area (Å²) in [4.78, 5) is 37.0. The fourth-order valence-corrected chi connectivity index (χ4v) is 3.25. The molecule has 0 fully saturated rings. The van der Waals surface area contributed by atoms with Crippen LogP contribution in [-0.2, 0) is 25.5 Å². The number of nitrogens with two attached hydrogens (primary N) is 1. The number of aryl methyl sites for hydroxylation is 1. The second-order valence-electron chi connectivity index (χ2n) is 7.83. The van der Waals surface area contributed by atoms with Crippen molar-refractivity contribution in [2.45, 2.75) is 33.2 Å². The Balaban J connectivity index is 2.49. The summed E-state index contributed by atoms with van der Waals surface area (Å²) in [5, 5.41) is 10.7. The SMILES string of the molecule is C=C(C)C(=O)OCCOc1c(C(C)=O)cc(CC)cc1C(Nc1ccc(C(=N)N)cc1)C(=O)OC. The molecule has 0 radical (unpaired) electrons. The number of carbonyl (C=O) groups excluding carboxylic acids is 3. The molecular weight excluding hydrogens is 450 g/mol. The molecule has 0 amide bonds. The van der Waals surface area contributed by atoms with Crippen LogP contribution in [0.2, 0.25) is 0 Å². The van der Waals surface area contributed by atoms with E-state index in [0.717, 1.165) is 5.56 Å². The van der Waals surface area contributed by atoms with Crippen molar-refractivity contribution in [1.82, 2.24) is 0 Å². The van der Waals surface area contributed by atoms with Gasteiger partial charge in [-0.15, -0.1) is 0 Å². The van der Waals surface area contributed by atoms with E-state index in [2.05, 4.69) is 11.9 Å². The Kier molecular flexibility index (Phi) is 9.57. The molecule has 186 valence electrons. The van der Waals surface area contributed by atoms with Gasteiger partial charge in [0.25, 0.3) is 0 Å². The molecule has 0 bridgehead atoms. The highest BCUT2D eigenvalue weighted by atomic mass is 16.6. The lowest BCUT2D eigenvalue weighted by atomic mass is 9.95. The van der Waals surface area contributed by atoms with Crippen LogP contribution < -0.4 is 15.8 Å². The van der Waals surface area contributed by atoms with E-state index in [9.17, 15) is 14.4 Å². The van der Waals surface area contributed by atoms with Crippen molar-refractivity contribution in [1.29, 1.82) is 5.41 Å². The predicted octanol–water partition coefficient (Wildman–Crippen LogP) is 3.56. The Morgan fingerprint density at radius 2 is 1.77 bits per heavy atom. The first-order valence-corrected chi connectivity index (χ1v) is 11.0. The summed E-state index contributed by atoms with van der Waals surface area (Å²) in [6.07, 6.45) is 0.616. The van der Waals surface area contributed by atoms with Crippen LogP contribution in [0.25, 0.3) is 0 Å². The van der Waals surface area contributed by atoms with Crippen molar-refractivity contribution in [3.63, 3.8) is 0 Å². The van der Waals surface area contributed by atoms with Crippen LogP contribution in [0.3, 0.4) is 0 Å². The molecule has 0 aliphatic carbocycles. The number of methoxy groups -OCH3 is 1. The summed E-state index contributed by atoms with van der Waals surface area (Å²) in [6, 6.07) is 9.14. The third-order valence-electron chi connectivity index (χ3n) is 5.13. The number of ether oxygens (including phenoxy) is 3. The second kappa shape index (κ2) is 12.4. The van der Waals surface area contributed by atoms with Gasteiger partial charge in [0.05, 0.1) is 12.7 Å². The monoisotopic (exact) mass is 481 g/mol. The minimum atomic E-state index is -1.01. The molecule has 0 aromatic heterocycles. The first-order chi connectivity index (χ1) is 16.6. The second-order valence-corrected chi connectivity index (χ2v) is 7.83. The molecule has 0 heterocycles. The number of amidine groups is 1. The number of nitrogens with one attached hydrogen (secondary N) is 2. The normalized spacial score (nSPS) is 11.2. The maximum Gasteiger partial charge on any atom is 0.333 e. The van der Waals surface area contributed by atoms with E-state index in [1.54, 1.807) is 36.4 Å². The summed E-state index contributed by atoms with van der Waals surface area (Å²) in [5.74, 6) is -1.27. The molecule has 0 aliphatic rings. The van der Waals surface area contributed by atoms with Crippen molar-refractivity contribution < 1.29 is 28.6 Å². The van der Waals surface area contributed by atoms with Crippen molar-refractivity contribution in [2.75, 3.05) is 25.6 Å². The number of Topliss-reactive ketones (excluding diaryl/α,β-unsaturated/α-hetero) is 1. The Bertz CT molecular complexity index is 1120. The zero-order valence-corrected chi connectivity index (χ0v) is 20.4. The lowest BCUT2D eigenvalue weighted by Crippen LogP contribution is -2.24. The largest absolute Gasteiger partial charge is 0.489 e. The van der Waals surface area contributed by atoms with Crippen LogP contribution >= 0.6 is 0 Å². The first kappa shape index (κ1) is 27.1. The van der Waals surface area contributed by atoms with Crippen molar-refractivity contribution in [2.24, 2.45) is 5.73 Å². The topological polar surface area (TPSA) is 141 Å². The molecular formula is C26H31N3O6. The molecule has 35 heavy (non-hydrogen) atoms. The summed E-state index contributed by atoms with van der Waals surface area (Å²) in [6.45, 7) is 8.30. The van der Waals surface area contributed by atoms with Crippen molar-refractivity contribution in [3.05, 3.63) is 70.8 Å². The van der Waals surface area contributed by atoms with Gasteiger partial charge < -0.3 is 25.3 Å². The zero-order chi connectivity index (χ0) is 26.1. The molecule has 0 aliphatic heterocycles. The van der Waals surface area contributed by atoms with Gasteiger partial charge in [-0.25, -0.2) is 9.59 Å². The van der Waals surface area contributed by atoms with Gasteiger partial charge in [0.15, 0.2) is 11.8 Å². The Hall–Kier alpha value is -4.14. The predicted molar refractivity (Wildman–Crippen MR) is 133 cm³/mol. The molecule has 0 spiro atoms. The van der Waals surface area contributed by atoms with Gasteiger partial charge in [0.1, 0.15) is 24.8 Å². The number of anilines is 1. The summed E-state index contributed by atoms with van der Waals surface area (Å²) in [5.41, 5.74) is 8.41. The highest BCUT2D eigenvalue weighted by Crippen LogP contribution is 2.34. The number of rotatable bonds is 12. The first-order valence-electron chi connectivity index (χ1n) is 11.0. The average molecular weight is 482 g/mol. The molecule has 9 heteroatoms. The number of esters is 2. The van der Waals surface area contributed by atoms with Crippen LogP contribution in [-0.4, -0.2) is 43.9 Å². The Labute approximate surface area is 204 Å². The summed E-state index contributed by atoms with van der Waals surface area (Å²) in [7, 11) is 1.27. The molecule has 1 unspecified atom stereocenters. The number of ketones is 1. The third-order valence-corrected chi connectivity index (χ3v) is 5.13. The highest BCUT2D eigenvalue weighted by molar-refractivity contribution is 5.98. The van der Waals surface area contributed by atoms with Crippen LogP contribution in [0.1, 0.15) is 53.9 Å². The number of hydrogen-bond acceptors (Lipinski definition) is 8. The van der Waals surface area contributed by atoms with Gasteiger partial charge >= 0.3 is 11.9 Å². The van der Waals surface area contributed by atoms with E-state index < -0.39 is 18.0 Å². The van der Waals surface area contributed by atoms with E-state index in [-0.39, 0.29) is 36.2 Å². The molecule has 2 aromatic carbocycles. The van der Waals surface area contributed by atoms with Crippen LogP contribution in [0, 0.1) is 5.41 Å². The van der Waals surface area contributed by atoms with E-state index in [1.165, 1.54) is 21.0 Å². The van der Waals surface area contributed by atoms with Crippen molar-refractivity contribution >= 4 is 29.2 Å². The molecule has 1 atom stereocenters. The van der Waals surface area contributed by atoms with Crippen LogP contribution in [0.15, 0.2) is 48.6 Å². The van der Waals surface area contributed by atoms with E-state index in [1.807, 2.05) is 6.92 Å². The van der Waals surface area contributed by atoms with Crippen molar-refractivity contribution in [3.8, 4) is 5.75 Å². The maximum atomic E-state index is 12.9. The Morgan fingerprint density at radius 3 is 2.29 bits per heavy atom. The molecule has 4 N–H and O–H groups in total. The molecule has 0 saturated heterocycles. The lowest BCUT2D eigenvalue weighted by molar-refractivity contribution is -0.141. The van der Waals surface area contributed by atoms with Gasteiger partial charge in [-0.05, 0) is 62.2 Å². The smallest absolute Gasteiger partial charge is 0.333 e. The van der Waals surface area contributed by atoms with Crippen LogP contribution in [0.4, 0.5) is 5.69 Å². The lowest BCUT2D eigenvalue weighted by Gasteiger charge is -2.23. The molecule has 9 nitrogen and oxygen atoms in total. The van der Waals surface area contributed by atoms with Crippen LogP contribution in [0.5, 0.6) is 5.75 Å². The van der Waals surface area contributed by atoms with Gasteiger partial charge in [0.2, 0.25) is 0 Å².